The van der Waals surface area contributed by atoms with Crippen molar-refractivity contribution in [3.05, 3.63) is 83.9 Å². The fourth-order valence-corrected chi connectivity index (χ4v) is 6.01. The van der Waals surface area contributed by atoms with E-state index in [1.807, 2.05) is 20.8 Å². The molecule has 6 atom stereocenters. The van der Waals surface area contributed by atoms with Gasteiger partial charge in [0.2, 0.25) is 0 Å². The van der Waals surface area contributed by atoms with E-state index in [4.69, 9.17) is 22.7 Å². The molecule has 2 fully saturated rings. The summed E-state index contributed by atoms with van der Waals surface area (Å²) >= 11 is 0.0278. The number of aliphatic hydroxyl groups is 5. The number of H-pyrrole nitrogens is 2. The Hall–Kier alpha value is -1.46. The standard InChI is InChI=1S/C17H21N3O7.C9H12N2O5.C8H11NO2.CH4O.2Ac.Hg.3H2O/c1-17(2,3)20-12(23)4-8(15(20)25)9-6-19(16(26)18-14(9)24)13-5-10(22)11(7-21)27-13;12-4-6-5(13)3-8(16-6)11-2-1-7(14)10-9(11)15;1-8(2,3)9-6(10)4-5-7(9)11;1-2;;;;;;/h4,6,10-11,13,21-22H,5,7H2,1-3H3,(H,18,24,26);1-2,5-6,8,12-13H,3-4H2,(H,10,14,15);4-5H,1-3H3;2H,1H3;;;;3*1H2/q;;;;;;+1;;;/p-1. The SMILES string of the molecule is CC(C)(C)N1C(=O)C=C(c2cn(C3CC(O)C(CO)O3)c(=O)[nH]c2=O)C1=O.CC(C)(C)N1C(=O)C=CC1=O.CO.O.O.O=c1ccn(C2CC(O)C(CO)O2)c(=O)[nH]1.[Ac].[Ac].[OH][Hg]. The summed E-state index contributed by atoms with van der Waals surface area (Å²) in [6.45, 7) is 9.81. The van der Waals surface area contributed by atoms with Crippen LogP contribution in [0.3, 0.4) is 0 Å². The van der Waals surface area contributed by atoms with E-state index in [0.29, 0.717) is 0 Å². The number of amides is 4. The zero-order valence-corrected chi connectivity index (χ0v) is 50.2. The van der Waals surface area contributed by atoms with E-state index in [1.165, 1.54) is 33.9 Å². The van der Waals surface area contributed by atoms with Crippen molar-refractivity contribution in [3.8, 4) is 0 Å². The molecule has 339 valence electrons. The molecule has 4 aliphatic rings. The topological polar surface area (TPSA) is 387 Å². The number of rotatable bonds is 5. The van der Waals surface area contributed by atoms with E-state index < -0.39 is 88.9 Å². The van der Waals surface area contributed by atoms with Crippen molar-refractivity contribution < 1.29 is 183 Å². The molecule has 24 nitrogen and oxygen atoms in total. The van der Waals surface area contributed by atoms with Crippen molar-refractivity contribution >= 4 is 29.2 Å². The van der Waals surface area contributed by atoms with Crippen LogP contribution in [-0.4, -0.2) is 148 Å². The van der Waals surface area contributed by atoms with E-state index in [-0.39, 0.29) is 168 Å². The third-order valence-electron chi connectivity index (χ3n) is 8.57. The van der Waals surface area contributed by atoms with Gasteiger partial charge in [0.05, 0.1) is 36.6 Å². The molecule has 2 saturated heterocycles. The Morgan fingerprint density at radius 2 is 1.11 bits per heavy atom. The second-order valence-corrected chi connectivity index (χ2v) is 14.7. The summed E-state index contributed by atoms with van der Waals surface area (Å²) in [4.78, 5) is 100. The quantitative estimate of drug-likeness (QED) is 0.103. The van der Waals surface area contributed by atoms with Gasteiger partial charge in [-0.05, 0) is 41.5 Å². The maximum atomic E-state index is 12.7. The first-order valence-corrected chi connectivity index (χ1v) is 20.0. The first-order valence-electron chi connectivity index (χ1n) is 17.6. The average Bonchev–Trinajstić information content (AvgIpc) is 3.89. The van der Waals surface area contributed by atoms with Crippen molar-refractivity contribution in [1.82, 2.24) is 28.9 Å². The zero-order chi connectivity index (χ0) is 44.4. The molecule has 0 aliphatic carbocycles. The third kappa shape index (κ3) is 16.5. The Morgan fingerprint density at radius 1 is 0.694 bits per heavy atom. The number of carbonyl (C=O) groups is 4. The van der Waals surface area contributed by atoms with Gasteiger partial charge in [-0.15, -0.1) is 0 Å². The summed E-state index contributed by atoms with van der Waals surface area (Å²) < 4.78 is 20.1. The van der Waals surface area contributed by atoms with E-state index >= 15 is 0 Å². The summed E-state index contributed by atoms with van der Waals surface area (Å²) in [6, 6.07) is 1.20. The molecule has 27 heteroatoms. The number of nitrogens with one attached hydrogen (secondary N) is 2. The Bertz CT molecular complexity index is 2090. The second kappa shape index (κ2) is 28.5. The van der Waals surface area contributed by atoms with Gasteiger partial charge in [0.15, 0.2) is 0 Å². The Kier molecular flexibility index (Phi) is 29.8. The van der Waals surface area contributed by atoms with Crippen LogP contribution in [0, 0.1) is 88.1 Å². The molecule has 4 amide bonds. The molecule has 4 aliphatic heterocycles. The maximum absolute atomic E-state index is 12.7. The molecule has 62 heavy (non-hydrogen) atoms. The molecular weight excluding hydrogens is 1450 g/mol. The summed E-state index contributed by atoms with van der Waals surface area (Å²) in [5.41, 5.74) is -4.13. The van der Waals surface area contributed by atoms with Crippen LogP contribution in [0.15, 0.2) is 55.9 Å². The average molecular weight is 1500 g/mol. The van der Waals surface area contributed by atoms with Crippen molar-refractivity contribution in [1.29, 1.82) is 0 Å². The van der Waals surface area contributed by atoms with Crippen molar-refractivity contribution in [3.63, 3.8) is 0 Å². The Balaban J connectivity index is -0.000000854. The number of ether oxygens (including phenoxy) is 2. The van der Waals surface area contributed by atoms with E-state index in [2.05, 4.69) is 9.97 Å². The normalized spacial score (nSPS) is 22.4. The van der Waals surface area contributed by atoms with Crippen LogP contribution in [0.2, 0.25) is 0 Å². The van der Waals surface area contributed by atoms with Crippen molar-refractivity contribution in [2.24, 2.45) is 0 Å². The first kappa shape index (κ1) is 64.8. The first-order chi connectivity index (χ1) is 27.1. The van der Waals surface area contributed by atoms with Crippen molar-refractivity contribution in [2.45, 2.75) is 102 Å². The third-order valence-corrected chi connectivity index (χ3v) is 8.57. The van der Waals surface area contributed by atoms with Crippen LogP contribution in [0.4, 0.5) is 0 Å². The van der Waals surface area contributed by atoms with Gasteiger partial charge in [-0.1, -0.05) is 0 Å². The summed E-state index contributed by atoms with van der Waals surface area (Å²) in [5, 5.41) is 44.4. The predicted octanol–water partition coefficient (Wildman–Crippen LogP) is -4.99. The minimum atomic E-state index is -0.979. The predicted molar refractivity (Wildman–Crippen MR) is 204 cm³/mol. The van der Waals surface area contributed by atoms with Gasteiger partial charge in [-0.3, -0.25) is 57.7 Å². The van der Waals surface area contributed by atoms with Crippen LogP contribution in [-0.2, 0) is 55.2 Å². The molecule has 6 unspecified atom stereocenters. The molecule has 12 N–H and O–H groups in total. The van der Waals surface area contributed by atoms with Crippen LogP contribution >= 0.6 is 0 Å². The van der Waals surface area contributed by atoms with Gasteiger partial charge < -0.3 is 46.0 Å². The monoisotopic (exact) mass is 1500 g/mol. The van der Waals surface area contributed by atoms with Crippen LogP contribution in [0.1, 0.15) is 72.4 Å². The fourth-order valence-electron chi connectivity index (χ4n) is 6.01. The van der Waals surface area contributed by atoms with Gasteiger partial charge in [-0.25, -0.2) is 9.59 Å². The number of aromatic nitrogens is 4. The Morgan fingerprint density at radius 3 is 1.47 bits per heavy atom. The van der Waals surface area contributed by atoms with Crippen LogP contribution in [0.5, 0.6) is 0 Å². The molecule has 0 spiro atoms. The van der Waals surface area contributed by atoms with E-state index in [0.717, 1.165) is 28.8 Å². The van der Waals surface area contributed by atoms with Crippen molar-refractivity contribution in [2.75, 3.05) is 20.3 Å². The van der Waals surface area contributed by atoms with Crippen LogP contribution in [0.25, 0.3) is 5.57 Å². The fraction of sp³-hybridized carbons (Fsp3) is 0.543. The van der Waals surface area contributed by atoms with Gasteiger partial charge in [0.1, 0.15) is 24.7 Å². The summed E-state index contributed by atoms with van der Waals surface area (Å²) in [7, 11) is 1.00. The molecule has 2 aromatic rings. The number of imide groups is 2. The number of hydrogen-bond donors (Lipinski definition) is 8. The molecule has 2 radical (unpaired) electrons. The second-order valence-electron chi connectivity index (χ2n) is 14.7. The molecule has 0 saturated carbocycles. The minimum absolute atomic E-state index is 0. The number of nitrogens with zero attached hydrogens (tertiary/aromatic N) is 4. The molecule has 0 aromatic carbocycles. The molecular formula is C35H53Ac2HgN6O18. The number of aliphatic hydroxyl groups excluding tert-OH is 5. The number of carbonyl (C=O) groups excluding carboxylic acids is 4. The summed E-state index contributed by atoms with van der Waals surface area (Å²) in [6.07, 6.45) is 1.42. The zero-order valence-electron chi connectivity index (χ0n) is 35.2. The molecule has 6 rings (SSSR count). The van der Waals surface area contributed by atoms with Gasteiger partial charge >= 0.3 is 41.0 Å². The van der Waals surface area contributed by atoms with Gasteiger partial charge in [0.25, 0.3) is 34.7 Å². The number of aromatic amines is 2. The van der Waals surface area contributed by atoms with Crippen LogP contribution < -0.4 is 22.5 Å². The van der Waals surface area contributed by atoms with Gasteiger partial charge in [-0.2, -0.15) is 0 Å². The van der Waals surface area contributed by atoms with Gasteiger partial charge in [0, 0.05) is 156 Å². The van der Waals surface area contributed by atoms with E-state index in [1.54, 1.807) is 20.8 Å². The Labute approximate surface area is 442 Å². The molecule has 0 bridgehead atoms. The number of hydrogen-bond acceptors (Lipinski definition) is 16. The van der Waals surface area contributed by atoms with E-state index in [9.17, 15) is 53.7 Å². The summed E-state index contributed by atoms with van der Waals surface area (Å²) in [5.74, 6) is -1.62. The molecule has 2 aromatic heterocycles. The molecule has 6 heterocycles.